The van der Waals surface area contributed by atoms with Crippen molar-refractivity contribution in [3.8, 4) is 5.75 Å². The predicted molar refractivity (Wildman–Crippen MR) is 83.5 cm³/mol. The number of benzene rings is 1. The molecule has 22 heavy (non-hydrogen) atoms. The smallest absolute Gasteiger partial charge is 0.278 e. The number of amides is 1. The third-order valence-electron chi connectivity index (χ3n) is 3.89. The molecular formula is C17H15N3O2. The molecule has 0 unspecified atom stereocenters. The van der Waals surface area contributed by atoms with Crippen molar-refractivity contribution in [2.24, 2.45) is 0 Å². The minimum atomic E-state index is -0.0983. The Hall–Kier alpha value is -2.82. The van der Waals surface area contributed by atoms with E-state index in [0.29, 0.717) is 18.8 Å². The van der Waals surface area contributed by atoms with Crippen LogP contribution in [0.25, 0.3) is 5.65 Å². The van der Waals surface area contributed by atoms with Crippen molar-refractivity contribution in [2.75, 3.05) is 18.1 Å². The molecule has 1 aliphatic rings. The van der Waals surface area contributed by atoms with Crippen molar-refractivity contribution < 1.29 is 9.53 Å². The summed E-state index contributed by atoms with van der Waals surface area (Å²) in [4.78, 5) is 19.0. The third kappa shape index (κ3) is 1.94. The fourth-order valence-electron chi connectivity index (χ4n) is 2.77. The highest BCUT2D eigenvalue weighted by Gasteiger charge is 2.26. The number of carbonyl (C=O) groups is 1. The minimum absolute atomic E-state index is 0.0983. The van der Waals surface area contributed by atoms with Crippen LogP contribution in [-0.4, -0.2) is 28.4 Å². The first kappa shape index (κ1) is 12.9. The van der Waals surface area contributed by atoms with Crippen LogP contribution in [0.5, 0.6) is 5.75 Å². The van der Waals surface area contributed by atoms with Gasteiger partial charge in [-0.15, -0.1) is 0 Å². The van der Waals surface area contributed by atoms with Crippen molar-refractivity contribution in [3.63, 3.8) is 0 Å². The molecule has 3 aromatic rings. The minimum Gasteiger partial charge on any atom is -0.490 e. The first-order valence-electron chi connectivity index (χ1n) is 7.22. The van der Waals surface area contributed by atoms with E-state index in [4.69, 9.17) is 4.74 Å². The summed E-state index contributed by atoms with van der Waals surface area (Å²) < 4.78 is 7.53. The van der Waals surface area contributed by atoms with Gasteiger partial charge in [-0.2, -0.15) is 0 Å². The van der Waals surface area contributed by atoms with Crippen molar-refractivity contribution in [1.29, 1.82) is 0 Å². The number of ether oxygens (including phenoxy) is 1. The molecule has 0 atom stereocenters. The molecule has 3 heterocycles. The van der Waals surface area contributed by atoms with Gasteiger partial charge >= 0.3 is 0 Å². The van der Waals surface area contributed by atoms with Gasteiger partial charge in [0.05, 0.1) is 12.2 Å². The highest BCUT2D eigenvalue weighted by Crippen LogP contribution is 2.31. The summed E-state index contributed by atoms with van der Waals surface area (Å²) in [7, 11) is 0. The standard InChI is InChI=1S/C17H15N3O2/c1-12-5-4-8-16-18-13(11-20(12)16)17(21)19-9-10-22-15-7-3-2-6-14(15)19/h2-8,11H,9-10H2,1H3. The maximum absolute atomic E-state index is 12.8. The monoisotopic (exact) mass is 293 g/mol. The lowest BCUT2D eigenvalue weighted by molar-refractivity contribution is 0.0972. The Bertz CT molecular complexity index is 869. The highest BCUT2D eigenvalue weighted by atomic mass is 16.5. The van der Waals surface area contributed by atoms with Crippen LogP contribution in [0.1, 0.15) is 16.2 Å². The van der Waals surface area contributed by atoms with Gasteiger partial charge < -0.3 is 14.0 Å². The first-order valence-corrected chi connectivity index (χ1v) is 7.22. The van der Waals surface area contributed by atoms with E-state index in [0.717, 1.165) is 22.8 Å². The van der Waals surface area contributed by atoms with Crippen molar-refractivity contribution in [2.45, 2.75) is 6.92 Å². The van der Waals surface area contributed by atoms with E-state index < -0.39 is 0 Å². The van der Waals surface area contributed by atoms with Crippen LogP contribution in [0.15, 0.2) is 48.7 Å². The second-order valence-electron chi connectivity index (χ2n) is 5.29. The van der Waals surface area contributed by atoms with E-state index in [9.17, 15) is 4.79 Å². The number of aryl methyl sites for hydroxylation is 1. The van der Waals surface area contributed by atoms with Crippen LogP contribution < -0.4 is 9.64 Å². The number of fused-ring (bicyclic) bond motifs is 2. The molecule has 0 spiro atoms. The molecule has 110 valence electrons. The Labute approximate surface area is 127 Å². The number of aromatic nitrogens is 2. The number of para-hydroxylation sites is 2. The summed E-state index contributed by atoms with van der Waals surface area (Å²) in [5, 5.41) is 0. The summed E-state index contributed by atoms with van der Waals surface area (Å²) in [5.41, 5.74) is 3.08. The van der Waals surface area contributed by atoms with Crippen LogP contribution in [0.2, 0.25) is 0 Å². The summed E-state index contributed by atoms with van der Waals surface area (Å²) >= 11 is 0. The largest absolute Gasteiger partial charge is 0.490 e. The fourth-order valence-corrected chi connectivity index (χ4v) is 2.77. The zero-order valence-corrected chi connectivity index (χ0v) is 12.2. The number of anilines is 1. The normalized spacial score (nSPS) is 13.8. The van der Waals surface area contributed by atoms with Gasteiger partial charge in [-0.05, 0) is 31.2 Å². The Balaban J connectivity index is 1.77. The van der Waals surface area contributed by atoms with Crippen LogP contribution >= 0.6 is 0 Å². The Morgan fingerprint density at radius 2 is 2.05 bits per heavy atom. The van der Waals surface area contributed by atoms with E-state index >= 15 is 0 Å². The molecule has 5 heteroatoms. The number of rotatable bonds is 1. The lowest BCUT2D eigenvalue weighted by Crippen LogP contribution is -2.38. The third-order valence-corrected chi connectivity index (χ3v) is 3.89. The van der Waals surface area contributed by atoms with Gasteiger partial charge in [0, 0.05) is 11.9 Å². The maximum atomic E-state index is 12.8. The van der Waals surface area contributed by atoms with Crippen molar-refractivity contribution in [3.05, 3.63) is 60.0 Å². The number of hydrogen-bond donors (Lipinski definition) is 0. The molecule has 0 bridgehead atoms. The van der Waals surface area contributed by atoms with Gasteiger partial charge in [-0.25, -0.2) is 4.98 Å². The van der Waals surface area contributed by atoms with E-state index in [1.165, 1.54) is 0 Å². The molecule has 0 N–H and O–H groups in total. The lowest BCUT2D eigenvalue weighted by Gasteiger charge is -2.28. The summed E-state index contributed by atoms with van der Waals surface area (Å²) in [6.07, 6.45) is 1.80. The van der Waals surface area contributed by atoms with Crippen LogP contribution in [0.4, 0.5) is 5.69 Å². The average molecular weight is 293 g/mol. The SMILES string of the molecule is Cc1cccc2nc(C(=O)N3CCOc4ccccc43)cn12. The van der Waals surface area contributed by atoms with Gasteiger partial charge in [0.2, 0.25) is 0 Å². The van der Waals surface area contributed by atoms with E-state index in [2.05, 4.69) is 4.98 Å². The van der Waals surface area contributed by atoms with E-state index in [-0.39, 0.29) is 5.91 Å². The Morgan fingerprint density at radius 1 is 1.18 bits per heavy atom. The zero-order chi connectivity index (χ0) is 15.1. The molecule has 0 saturated heterocycles. The van der Waals surface area contributed by atoms with Gasteiger partial charge in [-0.3, -0.25) is 4.79 Å². The Kier molecular flexibility index (Phi) is 2.85. The molecule has 0 fully saturated rings. The van der Waals surface area contributed by atoms with Crippen molar-refractivity contribution in [1.82, 2.24) is 9.38 Å². The van der Waals surface area contributed by atoms with Crippen LogP contribution in [0, 0.1) is 6.92 Å². The maximum Gasteiger partial charge on any atom is 0.278 e. The van der Waals surface area contributed by atoms with Crippen LogP contribution in [-0.2, 0) is 0 Å². The highest BCUT2D eigenvalue weighted by molar-refractivity contribution is 6.06. The number of imidazole rings is 1. The van der Waals surface area contributed by atoms with Gasteiger partial charge in [0.15, 0.2) is 0 Å². The van der Waals surface area contributed by atoms with E-state index in [1.807, 2.05) is 53.8 Å². The quantitative estimate of drug-likeness (QED) is 0.693. The summed E-state index contributed by atoms with van der Waals surface area (Å²) in [5.74, 6) is 0.640. The molecule has 0 aliphatic carbocycles. The summed E-state index contributed by atoms with van der Waals surface area (Å²) in [6.45, 7) is 3.02. The fraction of sp³-hybridized carbons (Fsp3) is 0.176. The van der Waals surface area contributed by atoms with Crippen LogP contribution in [0.3, 0.4) is 0 Å². The number of carbonyl (C=O) groups excluding carboxylic acids is 1. The van der Waals surface area contributed by atoms with E-state index in [1.54, 1.807) is 11.1 Å². The molecule has 0 radical (unpaired) electrons. The molecule has 5 nitrogen and oxygen atoms in total. The van der Waals surface area contributed by atoms with Gasteiger partial charge in [-0.1, -0.05) is 18.2 Å². The number of hydrogen-bond acceptors (Lipinski definition) is 3. The second-order valence-corrected chi connectivity index (χ2v) is 5.29. The zero-order valence-electron chi connectivity index (χ0n) is 12.2. The molecular weight excluding hydrogens is 278 g/mol. The molecule has 1 aliphatic heterocycles. The number of pyridine rings is 1. The molecule has 2 aromatic heterocycles. The molecule has 1 aromatic carbocycles. The van der Waals surface area contributed by atoms with Crippen molar-refractivity contribution >= 4 is 17.2 Å². The molecule has 1 amide bonds. The topological polar surface area (TPSA) is 46.8 Å². The number of nitrogens with zero attached hydrogens (tertiary/aromatic N) is 3. The predicted octanol–water partition coefficient (Wildman–Crippen LogP) is 2.68. The molecule has 4 rings (SSSR count). The first-order chi connectivity index (χ1) is 10.7. The summed E-state index contributed by atoms with van der Waals surface area (Å²) in [6, 6.07) is 13.4. The average Bonchev–Trinajstić information content (AvgIpc) is 2.99. The molecule has 0 saturated carbocycles. The van der Waals surface area contributed by atoms with Gasteiger partial charge in [0.1, 0.15) is 23.7 Å². The Morgan fingerprint density at radius 3 is 2.91 bits per heavy atom. The lowest BCUT2D eigenvalue weighted by atomic mass is 10.2. The second kappa shape index (κ2) is 4.87. The van der Waals surface area contributed by atoms with Gasteiger partial charge in [0.25, 0.3) is 5.91 Å².